The molecule has 2 atom stereocenters. The lowest BCUT2D eigenvalue weighted by Crippen LogP contribution is -2.38. The van der Waals surface area contributed by atoms with Gasteiger partial charge in [0.05, 0.1) is 11.4 Å². The van der Waals surface area contributed by atoms with Gasteiger partial charge in [0.2, 0.25) is 0 Å². The van der Waals surface area contributed by atoms with E-state index in [2.05, 4.69) is 59.2 Å². The van der Waals surface area contributed by atoms with Crippen molar-refractivity contribution in [2.24, 2.45) is 0 Å². The molecular formula is C28H35N5O3S. The van der Waals surface area contributed by atoms with Gasteiger partial charge in [-0.15, -0.1) is 0 Å². The van der Waals surface area contributed by atoms with Crippen molar-refractivity contribution in [2.75, 3.05) is 18.8 Å². The maximum atomic E-state index is 13.3. The molecule has 5 rings (SSSR count). The van der Waals surface area contributed by atoms with Crippen LogP contribution in [-0.4, -0.2) is 53.0 Å². The number of benzene rings is 1. The molecule has 1 saturated heterocycles. The van der Waals surface area contributed by atoms with Gasteiger partial charge in [-0.2, -0.15) is 5.10 Å². The largest absolute Gasteiger partial charge is 0.334 e. The number of carbonyl (C=O) groups is 1. The molecule has 1 aliphatic heterocycles. The van der Waals surface area contributed by atoms with Crippen LogP contribution in [0, 0.1) is 0 Å². The molecule has 3 aromatic rings. The second-order valence-electron chi connectivity index (χ2n) is 10.4. The van der Waals surface area contributed by atoms with Crippen LogP contribution in [0.25, 0.3) is 0 Å². The predicted molar refractivity (Wildman–Crippen MR) is 142 cm³/mol. The average molecular weight is 522 g/mol. The minimum absolute atomic E-state index is 0.00660. The number of rotatable bonds is 8. The highest BCUT2D eigenvalue weighted by molar-refractivity contribution is 7.91. The molecule has 2 unspecified atom stereocenters. The van der Waals surface area contributed by atoms with Gasteiger partial charge in [0.15, 0.2) is 14.9 Å². The summed E-state index contributed by atoms with van der Waals surface area (Å²) >= 11 is 0. The molecule has 1 saturated carbocycles. The zero-order valence-electron chi connectivity index (χ0n) is 21.7. The number of aromatic nitrogens is 3. The molecule has 2 aliphatic rings. The van der Waals surface area contributed by atoms with E-state index in [4.69, 9.17) is 5.10 Å². The number of likely N-dealkylation sites (tertiary alicyclic amines) is 1. The summed E-state index contributed by atoms with van der Waals surface area (Å²) in [6.07, 6.45) is 3.93. The van der Waals surface area contributed by atoms with E-state index in [0.717, 1.165) is 5.56 Å². The minimum atomic E-state index is -3.35. The van der Waals surface area contributed by atoms with E-state index in [-0.39, 0.29) is 41.2 Å². The maximum Gasteiger partial charge on any atom is 0.317 e. The molecule has 3 heterocycles. The van der Waals surface area contributed by atoms with E-state index in [1.807, 2.05) is 11.0 Å². The normalized spacial score (nSPS) is 19.9. The van der Waals surface area contributed by atoms with Crippen molar-refractivity contribution in [3.8, 4) is 0 Å². The number of carbonyl (C=O) groups excluding carboxylic acids is 1. The van der Waals surface area contributed by atoms with Crippen molar-refractivity contribution in [2.45, 2.75) is 69.0 Å². The molecule has 0 bridgehead atoms. The molecule has 9 heteroatoms. The Bertz CT molecular complexity index is 1350. The lowest BCUT2D eigenvalue weighted by molar-refractivity contribution is 0.207. The van der Waals surface area contributed by atoms with E-state index in [1.54, 1.807) is 13.0 Å². The molecule has 0 spiro atoms. The summed E-state index contributed by atoms with van der Waals surface area (Å²) in [4.78, 5) is 19.2. The molecule has 0 radical (unpaired) electrons. The smallest absolute Gasteiger partial charge is 0.317 e. The van der Waals surface area contributed by atoms with E-state index in [1.165, 1.54) is 42.1 Å². The summed E-state index contributed by atoms with van der Waals surface area (Å²) in [6.45, 7) is 7.43. The number of hydrogen-bond donors (Lipinski definition) is 1. The molecule has 1 N–H and O–H groups in total. The zero-order chi connectivity index (χ0) is 26.2. The molecule has 8 nitrogen and oxygen atoms in total. The fourth-order valence-corrected chi connectivity index (χ4v) is 5.93. The summed E-state index contributed by atoms with van der Waals surface area (Å²) in [5.41, 5.74) is 4.37. The summed E-state index contributed by atoms with van der Waals surface area (Å²) in [5, 5.41) is 8.03. The van der Waals surface area contributed by atoms with Crippen molar-refractivity contribution in [3.63, 3.8) is 0 Å². The third-order valence-corrected chi connectivity index (χ3v) is 9.06. The second-order valence-corrected chi connectivity index (χ2v) is 12.6. The van der Waals surface area contributed by atoms with Gasteiger partial charge in [0, 0.05) is 55.3 Å². The van der Waals surface area contributed by atoms with Gasteiger partial charge in [0.25, 0.3) is 0 Å². The van der Waals surface area contributed by atoms with Crippen LogP contribution in [0.1, 0.15) is 79.9 Å². The fraction of sp³-hybridized carbons (Fsp3) is 0.464. The number of nitrogens with one attached hydrogen (secondary N) is 1. The monoisotopic (exact) mass is 521 g/mol. The highest BCUT2D eigenvalue weighted by Gasteiger charge is 2.40. The number of urea groups is 1. The summed E-state index contributed by atoms with van der Waals surface area (Å²) in [7, 11) is -3.35. The molecule has 2 amide bonds. The third-order valence-electron chi connectivity index (χ3n) is 7.42. The number of pyridine rings is 1. The van der Waals surface area contributed by atoms with Gasteiger partial charge in [-0.05, 0) is 49.9 Å². The van der Waals surface area contributed by atoms with Crippen LogP contribution in [0.4, 0.5) is 4.79 Å². The Morgan fingerprint density at radius 2 is 1.81 bits per heavy atom. The van der Waals surface area contributed by atoms with Crippen LogP contribution in [0.3, 0.4) is 0 Å². The zero-order valence-corrected chi connectivity index (χ0v) is 22.5. The Morgan fingerprint density at radius 1 is 1.08 bits per heavy atom. The first kappa shape index (κ1) is 25.4. The first-order valence-corrected chi connectivity index (χ1v) is 14.8. The number of amides is 2. The molecule has 2 fully saturated rings. The van der Waals surface area contributed by atoms with Crippen LogP contribution in [0.5, 0.6) is 0 Å². The molecule has 2 aromatic heterocycles. The number of hydrogen-bond acceptors (Lipinski definition) is 5. The van der Waals surface area contributed by atoms with Crippen molar-refractivity contribution in [1.82, 2.24) is 25.0 Å². The van der Waals surface area contributed by atoms with E-state index < -0.39 is 9.84 Å². The molecule has 37 heavy (non-hydrogen) atoms. The second kappa shape index (κ2) is 10.3. The van der Waals surface area contributed by atoms with Crippen LogP contribution < -0.4 is 5.32 Å². The van der Waals surface area contributed by atoms with E-state index in [0.29, 0.717) is 19.0 Å². The Kier molecular flexibility index (Phi) is 7.07. The number of nitrogens with zero attached hydrogens (tertiary/aromatic N) is 4. The Hall–Kier alpha value is -3.20. The van der Waals surface area contributed by atoms with Gasteiger partial charge >= 0.3 is 6.03 Å². The average Bonchev–Trinajstić information content (AvgIpc) is 3.50. The molecule has 1 aliphatic carbocycles. The molecule has 1 aromatic carbocycles. The summed E-state index contributed by atoms with van der Waals surface area (Å²) in [5.74, 6) is 0.901. The van der Waals surface area contributed by atoms with Gasteiger partial charge in [-0.1, -0.05) is 43.3 Å². The standard InChI is InChI=1S/C28H35N5O3S/c1-4-37(35,36)27-13-10-20(15-29-27)16-30-28(34)32-17-23(21-8-6-5-7-9-21)24(18-32)26-14-25(22-11-12-22)31-33(26)19(2)3/h5-10,13-15,19,22-24H,4,11-12,16-18H2,1-3H3,(H,30,34). The van der Waals surface area contributed by atoms with Crippen molar-refractivity contribution < 1.29 is 13.2 Å². The van der Waals surface area contributed by atoms with E-state index in [9.17, 15) is 13.2 Å². The van der Waals surface area contributed by atoms with Crippen LogP contribution in [0.15, 0.2) is 59.8 Å². The predicted octanol–water partition coefficient (Wildman–Crippen LogP) is 4.62. The number of sulfone groups is 1. The first-order chi connectivity index (χ1) is 17.8. The van der Waals surface area contributed by atoms with Crippen molar-refractivity contribution in [1.29, 1.82) is 0 Å². The highest BCUT2D eigenvalue weighted by atomic mass is 32.2. The first-order valence-electron chi connectivity index (χ1n) is 13.1. The molecule has 196 valence electrons. The Morgan fingerprint density at radius 3 is 2.43 bits per heavy atom. The van der Waals surface area contributed by atoms with Crippen LogP contribution >= 0.6 is 0 Å². The Labute approximate surface area is 219 Å². The lowest BCUT2D eigenvalue weighted by atomic mass is 9.86. The topological polar surface area (TPSA) is 97.2 Å². The minimum Gasteiger partial charge on any atom is -0.334 e. The lowest BCUT2D eigenvalue weighted by Gasteiger charge is -2.21. The van der Waals surface area contributed by atoms with E-state index >= 15 is 0 Å². The quantitative estimate of drug-likeness (QED) is 0.466. The van der Waals surface area contributed by atoms with Gasteiger partial charge < -0.3 is 10.2 Å². The summed E-state index contributed by atoms with van der Waals surface area (Å²) < 4.78 is 26.2. The SMILES string of the molecule is CCS(=O)(=O)c1ccc(CNC(=O)N2CC(c3ccccc3)C(c3cc(C4CC4)nn3C(C)C)C2)cn1. The van der Waals surface area contributed by atoms with Gasteiger partial charge in [-0.3, -0.25) is 4.68 Å². The van der Waals surface area contributed by atoms with Crippen LogP contribution in [0.2, 0.25) is 0 Å². The van der Waals surface area contributed by atoms with Gasteiger partial charge in [0.1, 0.15) is 0 Å². The van der Waals surface area contributed by atoms with Crippen molar-refractivity contribution >= 4 is 15.9 Å². The van der Waals surface area contributed by atoms with Gasteiger partial charge in [-0.25, -0.2) is 18.2 Å². The molecular weight excluding hydrogens is 486 g/mol. The third kappa shape index (κ3) is 5.42. The Balaban J connectivity index is 1.34. The highest BCUT2D eigenvalue weighted by Crippen LogP contribution is 2.44. The fourth-order valence-electron chi connectivity index (χ4n) is 5.14. The van der Waals surface area contributed by atoms with Crippen molar-refractivity contribution in [3.05, 3.63) is 77.2 Å². The maximum absolute atomic E-state index is 13.3. The summed E-state index contributed by atoms with van der Waals surface area (Å²) in [6, 6.07) is 16.0. The van der Waals surface area contributed by atoms with Crippen LogP contribution in [-0.2, 0) is 16.4 Å².